The molecule has 0 saturated heterocycles. The first-order chi connectivity index (χ1) is 14.3. The van der Waals surface area contributed by atoms with Crippen molar-refractivity contribution in [2.24, 2.45) is 0 Å². The van der Waals surface area contributed by atoms with Gasteiger partial charge in [-0.15, -0.1) is 0 Å². The number of rotatable bonds is 7. The van der Waals surface area contributed by atoms with Crippen molar-refractivity contribution in [3.05, 3.63) is 52.6 Å². The largest absolute Gasteiger partial charge is 0.507 e. The molecule has 0 aromatic heterocycles. The summed E-state index contributed by atoms with van der Waals surface area (Å²) >= 11 is 0. The summed E-state index contributed by atoms with van der Waals surface area (Å²) in [5.41, 5.74) is 1.07. The van der Waals surface area contributed by atoms with Crippen LogP contribution in [0.1, 0.15) is 38.8 Å². The minimum Gasteiger partial charge on any atom is -0.507 e. The van der Waals surface area contributed by atoms with Gasteiger partial charge < -0.3 is 24.6 Å². The number of nitrogens with zero attached hydrogens (tertiary/aromatic N) is 2. The molecule has 2 N–H and O–H groups in total. The summed E-state index contributed by atoms with van der Waals surface area (Å²) in [5, 5.41) is 29.3. The van der Waals surface area contributed by atoms with Crippen LogP contribution >= 0.6 is 0 Å². The third-order valence-corrected chi connectivity index (χ3v) is 4.46. The Balaban J connectivity index is 1.72. The van der Waals surface area contributed by atoms with Gasteiger partial charge in [0.05, 0.1) is 24.8 Å². The second kappa shape index (κ2) is 8.53. The lowest BCUT2D eigenvalue weighted by atomic mass is 10.1. The van der Waals surface area contributed by atoms with Crippen molar-refractivity contribution in [3.8, 4) is 23.3 Å². The number of amides is 1. The quantitative estimate of drug-likeness (QED) is 0.520. The lowest BCUT2D eigenvalue weighted by Crippen LogP contribution is -2.30. The van der Waals surface area contributed by atoms with Gasteiger partial charge in [-0.3, -0.25) is 9.59 Å². The van der Waals surface area contributed by atoms with Crippen LogP contribution in [0.15, 0.2) is 30.3 Å². The smallest absolute Gasteiger partial charge is 0.344 e. The Bertz CT molecular complexity index is 1050. The van der Waals surface area contributed by atoms with Crippen LogP contribution in [0.5, 0.6) is 17.2 Å². The molecule has 2 aromatic carbocycles. The van der Waals surface area contributed by atoms with E-state index in [0.29, 0.717) is 16.7 Å². The Labute approximate surface area is 171 Å². The Morgan fingerprint density at radius 2 is 1.90 bits per heavy atom. The number of fused-ring (bicyclic) bond motifs is 1. The second-order valence-electron chi connectivity index (χ2n) is 6.50. The lowest BCUT2D eigenvalue weighted by Gasteiger charge is -2.16. The Morgan fingerprint density at radius 3 is 2.53 bits per heavy atom. The number of esters is 1. The monoisotopic (exact) mass is 410 g/mol. The zero-order valence-electron chi connectivity index (χ0n) is 16.0. The van der Waals surface area contributed by atoms with Gasteiger partial charge in [-0.2, -0.15) is 5.26 Å². The first-order valence-electron chi connectivity index (χ1n) is 9.04. The maximum Gasteiger partial charge on any atom is 0.344 e. The maximum atomic E-state index is 12.6. The Hall–Kier alpha value is -4.06. The fourth-order valence-electron chi connectivity index (χ4n) is 3.13. The number of phenols is 2. The molecule has 0 aliphatic carbocycles. The topological polar surface area (TPSA) is 137 Å². The number of hydrogen-bond acceptors (Lipinski definition) is 8. The molecule has 9 nitrogen and oxygen atoms in total. The molecule has 30 heavy (non-hydrogen) atoms. The van der Waals surface area contributed by atoms with Gasteiger partial charge in [0.25, 0.3) is 5.91 Å². The first-order valence-corrected chi connectivity index (χ1v) is 9.04. The SMILES string of the molecule is CCOC(=O)COc1cc(O)c(C(=O)CN2Cc3cc(C#N)ccc3C2=O)c(O)c1. The molecular formula is C21H18N2O7. The predicted octanol–water partition coefficient (Wildman–Crippen LogP) is 1.75. The van der Waals surface area contributed by atoms with Gasteiger partial charge in [-0.1, -0.05) is 0 Å². The van der Waals surface area contributed by atoms with Crippen molar-refractivity contribution in [2.75, 3.05) is 19.8 Å². The molecule has 0 spiro atoms. The highest BCUT2D eigenvalue weighted by molar-refractivity contribution is 6.06. The van der Waals surface area contributed by atoms with E-state index in [1.54, 1.807) is 13.0 Å². The molecule has 9 heteroatoms. The summed E-state index contributed by atoms with van der Waals surface area (Å²) in [6, 6.07) is 8.81. The summed E-state index contributed by atoms with van der Waals surface area (Å²) in [6.07, 6.45) is 0. The van der Waals surface area contributed by atoms with E-state index in [-0.39, 0.29) is 36.9 Å². The molecule has 0 atom stereocenters. The van der Waals surface area contributed by atoms with Crippen LogP contribution in [0, 0.1) is 11.3 Å². The van der Waals surface area contributed by atoms with Crippen molar-refractivity contribution in [3.63, 3.8) is 0 Å². The molecule has 3 rings (SSSR count). The highest BCUT2D eigenvalue weighted by Crippen LogP contribution is 2.34. The Kier molecular flexibility index (Phi) is 5.88. The van der Waals surface area contributed by atoms with Crippen LogP contribution in [0.3, 0.4) is 0 Å². The van der Waals surface area contributed by atoms with Gasteiger partial charge in [0.15, 0.2) is 12.4 Å². The minimum absolute atomic E-state index is 0.0247. The van der Waals surface area contributed by atoms with Crippen molar-refractivity contribution >= 4 is 17.7 Å². The zero-order chi connectivity index (χ0) is 21.8. The van der Waals surface area contributed by atoms with Crippen LogP contribution in [0.25, 0.3) is 0 Å². The van der Waals surface area contributed by atoms with E-state index in [0.717, 1.165) is 12.1 Å². The molecule has 1 aliphatic rings. The second-order valence-corrected chi connectivity index (χ2v) is 6.50. The first kappa shape index (κ1) is 20.7. The zero-order valence-corrected chi connectivity index (χ0v) is 16.0. The van der Waals surface area contributed by atoms with Gasteiger partial charge in [-0.25, -0.2) is 4.79 Å². The number of nitriles is 1. The fourth-order valence-corrected chi connectivity index (χ4v) is 3.13. The molecule has 0 unspecified atom stereocenters. The summed E-state index contributed by atoms with van der Waals surface area (Å²) in [5.74, 6) is -2.80. The lowest BCUT2D eigenvalue weighted by molar-refractivity contribution is -0.145. The molecule has 154 valence electrons. The molecule has 0 radical (unpaired) electrons. The molecule has 2 aromatic rings. The van der Waals surface area contributed by atoms with Gasteiger partial charge in [-0.05, 0) is 30.7 Å². The number of phenolic OH excluding ortho intramolecular Hbond substituents is 2. The van der Waals surface area contributed by atoms with Gasteiger partial charge in [0, 0.05) is 24.2 Å². The highest BCUT2D eigenvalue weighted by Gasteiger charge is 2.30. The third kappa shape index (κ3) is 4.17. The number of ether oxygens (including phenoxy) is 2. The van der Waals surface area contributed by atoms with E-state index in [4.69, 9.17) is 14.7 Å². The maximum absolute atomic E-state index is 12.6. The standard InChI is InChI=1S/C21H18N2O7/c1-2-29-19(27)11-30-14-6-16(24)20(17(25)7-14)18(26)10-23-9-13-5-12(8-22)3-4-15(13)21(23)28/h3-7,24-25H,2,9-11H2,1H3. The average Bonchev–Trinajstić information content (AvgIpc) is 3.00. The molecule has 1 heterocycles. The van der Waals surface area contributed by atoms with E-state index >= 15 is 0 Å². The van der Waals surface area contributed by atoms with Crippen molar-refractivity contribution in [1.82, 2.24) is 4.90 Å². The molecule has 1 amide bonds. The molecule has 0 bridgehead atoms. The van der Waals surface area contributed by atoms with Gasteiger partial charge >= 0.3 is 5.97 Å². The summed E-state index contributed by atoms with van der Waals surface area (Å²) in [6.45, 7) is 1.16. The van der Waals surface area contributed by atoms with E-state index in [1.807, 2.05) is 6.07 Å². The number of aromatic hydroxyl groups is 2. The number of benzene rings is 2. The van der Waals surface area contributed by atoms with Crippen LogP contribution in [0.2, 0.25) is 0 Å². The van der Waals surface area contributed by atoms with Crippen LogP contribution < -0.4 is 4.74 Å². The molecule has 0 fully saturated rings. The molecule has 0 saturated carbocycles. The number of carbonyl (C=O) groups excluding carboxylic acids is 3. The normalized spacial score (nSPS) is 12.3. The number of hydrogen-bond donors (Lipinski definition) is 2. The fraction of sp³-hybridized carbons (Fsp3) is 0.238. The summed E-state index contributed by atoms with van der Waals surface area (Å²) in [4.78, 5) is 37.7. The summed E-state index contributed by atoms with van der Waals surface area (Å²) in [7, 11) is 0. The van der Waals surface area contributed by atoms with Crippen LogP contribution in [-0.2, 0) is 16.1 Å². The Morgan fingerprint density at radius 1 is 1.20 bits per heavy atom. The van der Waals surface area contributed by atoms with E-state index in [1.165, 1.54) is 17.0 Å². The minimum atomic E-state index is -0.677. The van der Waals surface area contributed by atoms with Crippen molar-refractivity contribution in [1.29, 1.82) is 5.26 Å². The third-order valence-electron chi connectivity index (χ3n) is 4.46. The number of Topliss-reactive ketones (excluding diaryl/α,β-unsaturated/α-hetero) is 1. The molecular weight excluding hydrogens is 392 g/mol. The van der Waals surface area contributed by atoms with Crippen LogP contribution in [-0.4, -0.2) is 52.5 Å². The van der Waals surface area contributed by atoms with Crippen molar-refractivity contribution in [2.45, 2.75) is 13.5 Å². The van der Waals surface area contributed by atoms with E-state index in [2.05, 4.69) is 0 Å². The number of carbonyl (C=O) groups is 3. The molecule has 1 aliphatic heterocycles. The average molecular weight is 410 g/mol. The highest BCUT2D eigenvalue weighted by atomic mass is 16.6. The van der Waals surface area contributed by atoms with E-state index in [9.17, 15) is 24.6 Å². The van der Waals surface area contributed by atoms with Crippen molar-refractivity contribution < 1.29 is 34.1 Å². The van der Waals surface area contributed by atoms with E-state index < -0.39 is 29.9 Å². The van der Waals surface area contributed by atoms with Gasteiger partial charge in [0.1, 0.15) is 22.8 Å². The number of ketones is 1. The van der Waals surface area contributed by atoms with Crippen LogP contribution in [0.4, 0.5) is 0 Å². The summed E-state index contributed by atoms with van der Waals surface area (Å²) < 4.78 is 9.85. The van der Waals surface area contributed by atoms with Gasteiger partial charge in [0.2, 0.25) is 0 Å². The predicted molar refractivity (Wildman–Crippen MR) is 102 cm³/mol.